The predicted octanol–water partition coefficient (Wildman–Crippen LogP) is 0.950. The summed E-state index contributed by atoms with van der Waals surface area (Å²) in [4.78, 5) is 19.5. The molecule has 0 amide bonds. The van der Waals surface area contributed by atoms with Crippen LogP contribution in [-0.2, 0) is 13.0 Å². The first-order valence-corrected chi connectivity index (χ1v) is 6.08. The van der Waals surface area contributed by atoms with E-state index in [1.54, 1.807) is 18.5 Å². The van der Waals surface area contributed by atoms with Crippen LogP contribution in [-0.4, -0.2) is 36.8 Å². The Morgan fingerprint density at radius 1 is 1.47 bits per heavy atom. The second-order valence-electron chi connectivity index (χ2n) is 4.58. The quantitative estimate of drug-likeness (QED) is 0.838. The number of hydrogen-bond donors (Lipinski definition) is 2. The van der Waals surface area contributed by atoms with Crippen molar-refractivity contribution < 1.29 is 15.0 Å². The zero-order valence-electron chi connectivity index (χ0n) is 10.2. The Kier molecular flexibility index (Phi) is 2.79. The van der Waals surface area contributed by atoms with Crippen LogP contribution in [0.5, 0.6) is 0 Å². The fraction of sp³-hybridized carbons (Fsp3) is 0.308. The molecular formula is C13H13N3O3. The zero-order chi connectivity index (χ0) is 13.4. The van der Waals surface area contributed by atoms with Gasteiger partial charge in [-0.05, 0) is 18.6 Å². The number of aliphatic hydroxyl groups excluding tert-OH is 1. The summed E-state index contributed by atoms with van der Waals surface area (Å²) in [5, 5.41) is 18.9. The van der Waals surface area contributed by atoms with Gasteiger partial charge in [-0.1, -0.05) is 0 Å². The Bertz CT molecular complexity index is 622. The third-order valence-corrected chi connectivity index (χ3v) is 3.31. The molecule has 6 heteroatoms. The maximum Gasteiger partial charge on any atom is 0.356 e. The molecule has 3 rings (SSSR count). The SMILES string of the molecule is O=C(O)c1nc(-c2cccnc2)n2c1CC(O)CC2. The van der Waals surface area contributed by atoms with Crippen LogP contribution in [0.4, 0.5) is 0 Å². The summed E-state index contributed by atoms with van der Waals surface area (Å²) in [6, 6.07) is 3.63. The predicted molar refractivity (Wildman–Crippen MR) is 66.7 cm³/mol. The molecule has 98 valence electrons. The van der Waals surface area contributed by atoms with Crippen molar-refractivity contribution in [2.75, 3.05) is 0 Å². The van der Waals surface area contributed by atoms with E-state index in [1.165, 1.54) is 0 Å². The summed E-state index contributed by atoms with van der Waals surface area (Å²) in [6.45, 7) is 0.570. The van der Waals surface area contributed by atoms with Crippen LogP contribution in [0, 0.1) is 0 Å². The molecule has 0 saturated heterocycles. The van der Waals surface area contributed by atoms with Gasteiger partial charge in [0.15, 0.2) is 5.69 Å². The fourth-order valence-electron chi connectivity index (χ4n) is 2.42. The number of carbonyl (C=O) groups is 1. The van der Waals surface area contributed by atoms with E-state index in [4.69, 9.17) is 0 Å². The molecule has 1 unspecified atom stereocenters. The number of fused-ring (bicyclic) bond motifs is 1. The third-order valence-electron chi connectivity index (χ3n) is 3.31. The molecule has 0 aromatic carbocycles. The number of rotatable bonds is 2. The van der Waals surface area contributed by atoms with Gasteiger partial charge in [0.05, 0.1) is 11.8 Å². The van der Waals surface area contributed by atoms with E-state index in [1.807, 2.05) is 10.6 Å². The van der Waals surface area contributed by atoms with Gasteiger partial charge in [-0.3, -0.25) is 4.98 Å². The van der Waals surface area contributed by atoms with Gasteiger partial charge in [0.25, 0.3) is 0 Å². The molecule has 2 aromatic rings. The standard InChI is InChI=1S/C13H13N3O3/c17-9-3-5-16-10(6-9)11(13(18)19)15-12(16)8-2-1-4-14-7-8/h1-2,4,7,9,17H,3,5-6H2,(H,18,19). The molecule has 0 bridgehead atoms. The summed E-state index contributed by atoms with van der Waals surface area (Å²) in [5.41, 5.74) is 1.40. The van der Waals surface area contributed by atoms with Crippen LogP contribution in [0.3, 0.4) is 0 Å². The maximum atomic E-state index is 11.3. The molecule has 19 heavy (non-hydrogen) atoms. The van der Waals surface area contributed by atoms with Crippen LogP contribution >= 0.6 is 0 Å². The normalized spacial score (nSPS) is 18.1. The molecule has 0 saturated carbocycles. The van der Waals surface area contributed by atoms with Crippen LogP contribution in [0.15, 0.2) is 24.5 Å². The van der Waals surface area contributed by atoms with Crippen molar-refractivity contribution in [3.63, 3.8) is 0 Å². The number of carboxylic acids is 1. The van der Waals surface area contributed by atoms with Gasteiger partial charge in [0.1, 0.15) is 5.82 Å². The molecule has 1 aliphatic rings. The zero-order valence-corrected chi connectivity index (χ0v) is 10.2. The Morgan fingerprint density at radius 3 is 3.00 bits per heavy atom. The van der Waals surface area contributed by atoms with Gasteiger partial charge in [-0.15, -0.1) is 0 Å². The summed E-state index contributed by atoms with van der Waals surface area (Å²) in [5.74, 6) is -0.458. The minimum Gasteiger partial charge on any atom is -0.476 e. The number of aromatic carboxylic acids is 1. The first-order chi connectivity index (χ1) is 9.16. The van der Waals surface area contributed by atoms with Crippen molar-refractivity contribution >= 4 is 5.97 Å². The first-order valence-electron chi connectivity index (χ1n) is 6.08. The number of carboxylic acid groups (broad SMARTS) is 1. The monoisotopic (exact) mass is 259 g/mol. The molecule has 1 atom stereocenters. The number of aliphatic hydroxyl groups is 1. The number of aromatic nitrogens is 3. The van der Waals surface area contributed by atoms with Crippen molar-refractivity contribution in [1.29, 1.82) is 0 Å². The van der Waals surface area contributed by atoms with E-state index in [-0.39, 0.29) is 5.69 Å². The molecule has 0 radical (unpaired) electrons. The van der Waals surface area contributed by atoms with Gasteiger partial charge in [-0.25, -0.2) is 9.78 Å². The highest BCUT2D eigenvalue weighted by Crippen LogP contribution is 2.27. The largest absolute Gasteiger partial charge is 0.476 e. The van der Waals surface area contributed by atoms with Crippen molar-refractivity contribution in [2.24, 2.45) is 0 Å². The second-order valence-corrected chi connectivity index (χ2v) is 4.58. The Balaban J connectivity index is 2.17. The lowest BCUT2D eigenvalue weighted by Crippen LogP contribution is -2.24. The highest BCUT2D eigenvalue weighted by Gasteiger charge is 2.27. The maximum absolute atomic E-state index is 11.3. The topological polar surface area (TPSA) is 88.2 Å². The lowest BCUT2D eigenvalue weighted by molar-refractivity contribution is 0.0687. The molecular weight excluding hydrogens is 246 g/mol. The van der Waals surface area contributed by atoms with Crippen LogP contribution in [0.1, 0.15) is 22.6 Å². The van der Waals surface area contributed by atoms with Gasteiger partial charge < -0.3 is 14.8 Å². The fourth-order valence-corrected chi connectivity index (χ4v) is 2.42. The summed E-state index contributed by atoms with van der Waals surface area (Å²) >= 11 is 0. The molecule has 6 nitrogen and oxygen atoms in total. The summed E-state index contributed by atoms with van der Waals surface area (Å²) < 4.78 is 1.87. The van der Waals surface area contributed by atoms with Crippen LogP contribution in [0.2, 0.25) is 0 Å². The minimum atomic E-state index is -1.06. The second kappa shape index (κ2) is 4.47. The lowest BCUT2D eigenvalue weighted by Gasteiger charge is -2.21. The van der Waals surface area contributed by atoms with Crippen molar-refractivity contribution in [3.05, 3.63) is 35.9 Å². The number of hydrogen-bond acceptors (Lipinski definition) is 4. The Morgan fingerprint density at radius 2 is 2.32 bits per heavy atom. The molecule has 0 fully saturated rings. The number of pyridine rings is 1. The average Bonchev–Trinajstić information content (AvgIpc) is 2.78. The lowest BCUT2D eigenvalue weighted by atomic mass is 10.1. The third kappa shape index (κ3) is 2.00. The van der Waals surface area contributed by atoms with Crippen LogP contribution in [0.25, 0.3) is 11.4 Å². The van der Waals surface area contributed by atoms with Gasteiger partial charge in [0.2, 0.25) is 0 Å². The highest BCUT2D eigenvalue weighted by atomic mass is 16.4. The van der Waals surface area contributed by atoms with E-state index in [9.17, 15) is 15.0 Å². The van der Waals surface area contributed by atoms with Gasteiger partial charge in [0, 0.05) is 30.9 Å². The van der Waals surface area contributed by atoms with E-state index in [0.717, 1.165) is 5.56 Å². The van der Waals surface area contributed by atoms with E-state index >= 15 is 0 Å². The molecule has 3 heterocycles. The van der Waals surface area contributed by atoms with Gasteiger partial charge in [-0.2, -0.15) is 0 Å². The molecule has 1 aliphatic heterocycles. The van der Waals surface area contributed by atoms with E-state index in [0.29, 0.717) is 30.9 Å². The first kappa shape index (κ1) is 11.9. The molecule has 2 N–H and O–H groups in total. The smallest absolute Gasteiger partial charge is 0.356 e. The minimum absolute atomic E-state index is 0.0256. The van der Waals surface area contributed by atoms with Crippen molar-refractivity contribution in [1.82, 2.24) is 14.5 Å². The van der Waals surface area contributed by atoms with Crippen LogP contribution < -0.4 is 0 Å². The average molecular weight is 259 g/mol. The number of nitrogens with zero attached hydrogens (tertiary/aromatic N) is 3. The highest BCUT2D eigenvalue weighted by molar-refractivity contribution is 5.88. The Hall–Kier alpha value is -2.21. The molecule has 2 aromatic heterocycles. The van der Waals surface area contributed by atoms with Crippen molar-refractivity contribution in [2.45, 2.75) is 25.5 Å². The number of imidazole rings is 1. The molecule has 0 spiro atoms. The summed E-state index contributed by atoms with van der Waals surface area (Å²) in [7, 11) is 0. The Labute approximate surface area is 109 Å². The van der Waals surface area contributed by atoms with Crippen molar-refractivity contribution in [3.8, 4) is 11.4 Å². The van der Waals surface area contributed by atoms with E-state index < -0.39 is 12.1 Å². The summed E-state index contributed by atoms with van der Waals surface area (Å²) in [6.07, 6.45) is 3.76. The van der Waals surface area contributed by atoms with Gasteiger partial charge >= 0.3 is 5.97 Å². The molecule has 0 aliphatic carbocycles. The van der Waals surface area contributed by atoms with E-state index in [2.05, 4.69) is 9.97 Å².